The molecule has 1 saturated carbocycles. The number of carbonyl (C=O) groups excluding carboxylic acids is 2. The van der Waals surface area contributed by atoms with Crippen LogP contribution in [-0.2, 0) is 9.59 Å². The molecule has 0 saturated heterocycles. The lowest BCUT2D eigenvalue weighted by Gasteiger charge is -2.14. The van der Waals surface area contributed by atoms with Crippen molar-refractivity contribution in [3.63, 3.8) is 0 Å². The van der Waals surface area contributed by atoms with Crippen molar-refractivity contribution >= 4 is 17.9 Å². The molecular formula is C11H19N3O4. The zero-order valence-electron chi connectivity index (χ0n) is 10.5. The monoisotopic (exact) mass is 257 g/mol. The summed E-state index contributed by atoms with van der Waals surface area (Å²) >= 11 is 0. The molecule has 0 spiro atoms. The van der Waals surface area contributed by atoms with Gasteiger partial charge < -0.3 is 21.5 Å². The summed E-state index contributed by atoms with van der Waals surface area (Å²) in [5.41, 5.74) is 5.14. The van der Waals surface area contributed by atoms with Crippen molar-refractivity contribution in [1.29, 1.82) is 0 Å². The van der Waals surface area contributed by atoms with Gasteiger partial charge in [-0.15, -0.1) is 0 Å². The number of amides is 3. The number of nitrogens with two attached hydrogens (primary N) is 1. The van der Waals surface area contributed by atoms with E-state index < -0.39 is 30.4 Å². The van der Waals surface area contributed by atoms with E-state index in [1.54, 1.807) is 0 Å². The summed E-state index contributed by atoms with van der Waals surface area (Å²) in [5, 5.41) is 13.6. The Morgan fingerprint density at radius 2 is 2.00 bits per heavy atom. The number of hydrogen-bond donors (Lipinski definition) is 4. The molecule has 1 aliphatic rings. The highest BCUT2D eigenvalue weighted by Gasteiger charge is 2.45. The highest BCUT2D eigenvalue weighted by Crippen LogP contribution is 2.50. The number of primary amides is 1. The van der Waals surface area contributed by atoms with E-state index in [0.29, 0.717) is 12.5 Å². The maximum atomic E-state index is 11.4. The molecule has 1 aliphatic carbocycles. The number of carboxylic acids is 1. The summed E-state index contributed by atoms with van der Waals surface area (Å²) in [5.74, 6) is -1.63. The van der Waals surface area contributed by atoms with Crippen LogP contribution in [-0.4, -0.2) is 35.6 Å². The van der Waals surface area contributed by atoms with Crippen molar-refractivity contribution in [2.45, 2.75) is 32.7 Å². The summed E-state index contributed by atoms with van der Waals surface area (Å²) in [7, 11) is 0. The van der Waals surface area contributed by atoms with Gasteiger partial charge in [0.25, 0.3) is 0 Å². The van der Waals surface area contributed by atoms with Gasteiger partial charge in [-0.2, -0.15) is 0 Å². The highest BCUT2D eigenvalue weighted by molar-refractivity contribution is 5.87. The minimum atomic E-state index is -1.28. The minimum Gasteiger partial charge on any atom is -0.480 e. The fourth-order valence-electron chi connectivity index (χ4n) is 1.75. The second-order valence-electron chi connectivity index (χ2n) is 5.31. The summed E-state index contributed by atoms with van der Waals surface area (Å²) in [4.78, 5) is 32.9. The third kappa shape index (κ3) is 4.23. The largest absolute Gasteiger partial charge is 0.480 e. The van der Waals surface area contributed by atoms with Crippen LogP contribution in [0.2, 0.25) is 0 Å². The Morgan fingerprint density at radius 1 is 1.44 bits per heavy atom. The average Bonchev–Trinajstić information content (AvgIpc) is 2.82. The van der Waals surface area contributed by atoms with Gasteiger partial charge >= 0.3 is 12.0 Å². The van der Waals surface area contributed by atoms with Crippen LogP contribution in [0, 0.1) is 11.3 Å². The van der Waals surface area contributed by atoms with Crippen LogP contribution in [0.5, 0.6) is 0 Å². The molecule has 1 fully saturated rings. The Bertz CT molecular complexity index is 367. The van der Waals surface area contributed by atoms with Crippen LogP contribution < -0.4 is 16.4 Å². The fourth-order valence-corrected chi connectivity index (χ4v) is 1.75. The van der Waals surface area contributed by atoms with Crippen LogP contribution in [0.25, 0.3) is 0 Å². The quantitative estimate of drug-likeness (QED) is 0.520. The lowest BCUT2D eigenvalue weighted by atomic mass is 10.1. The highest BCUT2D eigenvalue weighted by atomic mass is 16.4. The Kier molecular flexibility index (Phi) is 4.15. The molecule has 2 unspecified atom stereocenters. The van der Waals surface area contributed by atoms with E-state index in [0.717, 1.165) is 6.42 Å². The van der Waals surface area contributed by atoms with Crippen molar-refractivity contribution in [2.75, 3.05) is 6.54 Å². The van der Waals surface area contributed by atoms with Gasteiger partial charge in [-0.25, -0.2) is 9.59 Å². The molecule has 2 atom stereocenters. The Hall–Kier alpha value is -1.79. The lowest BCUT2D eigenvalue weighted by Crippen LogP contribution is -2.48. The maximum Gasteiger partial charge on any atom is 0.326 e. The summed E-state index contributed by atoms with van der Waals surface area (Å²) in [6.07, 6.45) is 0.620. The van der Waals surface area contributed by atoms with E-state index >= 15 is 0 Å². The smallest absolute Gasteiger partial charge is 0.326 e. The van der Waals surface area contributed by atoms with Gasteiger partial charge in [-0.05, 0) is 17.8 Å². The maximum absolute atomic E-state index is 11.4. The second-order valence-corrected chi connectivity index (χ2v) is 5.31. The zero-order valence-corrected chi connectivity index (χ0v) is 10.5. The Labute approximate surface area is 105 Å². The van der Waals surface area contributed by atoms with Crippen molar-refractivity contribution in [1.82, 2.24) is 10.6 Å². The number of hydrogen-bond acceptors (Lipinski definition) is 3. The summed E-state index contributed by atoms with van der Waals surface area (Å²) < 4.78 is 0. The van der Waals surface area contributed by atoms with Gasteiger partial charge in [0.15, 0.2) is 0 Å². The molecule has 5 N–H and O–H groups in total. The van der Waals surface area contributed by atoms with E-state index in [1.165, 1.54) is 0 Å². The molecule has 0 aromatic rings. The van der Waals surface area contributed by atoms with E-state index in [2.05, 4.69) is 24.5 Å². The summed E-state index contributed by atoms with van der Waals surface area (Å²) in [6, 6.07) is -1.87. The van der Waals surface area contributed by atoms with Crippen LogP contribution in [0.4, 0.5) is 4.79 Å². The minimum absolute atomic E-state index is 0.243. The van der Waals surface area contributed by atoms with E-state index in [-0.39, 0.29) is 5.41 Å². The normalized spacial score (nSPS) is 21.8. The first-order valence-electron chi connectivity index (χ1n) is 5.78. The van der Waals surface area contributed by atoms with E-state index in [1.807, 2.05) is 0 Å². The van der Waals surface area contributed by atoms with Crippen molar-refractivity contribution in [2.24, 2.45) is 17.1 Å². The Balaban J connectivity index is 2.33. The molecule has 0 radical (unpaired) electrons. The van der Waals surface area contributed by atoms with Gasteiger partial charge in [0.1, 0.15) is 6.04 Å². The molecule has 3 amide bonds. The van der Waals surface area contributed by atoms with Crippen molar-refractivity contribution < 1.29 is 19.5 Å². The zero-order chi connectivity index (χ0) is 13.9. The first-order chi connectivity index (χ1) is 8.22. The third-order valence-corrected chi connectivity index (χ3v) is 3.24. The molecule has 0 aliphatic heterocycles. The van der Waals surface area contributed by atoms with Gasteiger partial charge in [0.2, 0.25) is 5.91 Å². The first-order valence-corrected chi connectivity index (χ1v) is 5.78. The SMILES string of the molecule is CC1(C)CC1CNC(=O)NC(CC(N)=O)C(=O)O. The average molecular weight is 257 g/mol. The van der Waals surface area contributed by atoms with Crippen molar-refractivity contribution in [3.05, 3.63) is 0 Å². The van der Waals surface area contributed by atoms with Gasteiger partial charge in [-0.1, -0.05) is 13.8 Å². The fraction of sp³-hybridized carbons (Fsp3) is 0.727. The van der Waals surface area contributed by atoms with Gasteiger partial charge in [0.05, 0.1) is 6.42 Å². The number of carboxylic acid groups (broad SMARTS) is 1. The molecule has 7 nitrogen and oxygen atoms in total. The number of nitrogens with one attached hydrogen (secondary N) is 2. The van der Waals surface area contributed by atoms with Crippen LogP contribution in [0.1, 0.15) is 26.7 Å². The first kappa shape index (κ1) is 14.3. The number of aliphatic carboxylic acids is 1. The molecule has 0 heterocycles. The molecular weight excluding hydrogens is 238 g/mol. The topological polar surface area (TPSA) is 122 Å². The second kappa shape index (κ2) is 5.24. The number of rotatable bonds is 6. The molecule has 102 valence electrons. The lowest BCUT2D eigenvalue weighted by molar-refractivity contribution is -0.140. The van der Waals surface area contributed by atoms with Crippen LogP contribution in [0.15, 0.2) is 0 Å². The third-order valence-electron chi connectivity index (χ3n) is 3.24. The molecule has 0 aromatic heterocycles. The van der Waals surface area contributed by atoms with Crippen LogP contribution >= 0.6 is 0 Å². The van der Waals surface area contributed by atoms with E-state index in [4.69, 9.17) is 10.8 Å². The molecule has 0 bridgehead atoms. The number of urea groups is 1. The molecule has 0 aromatic carbocycles. The van der Waals surface area contributed by atoms with Gasteiger partial charge in [-0.3, -0.25) is 4.79 Å². The van der Waals surface area contributed by atoms with Crippen molar-refractivity contribution in [3.8, 4) is 0 Å². The summed E-state index contributed by atoms with van der Waals surface area (Å²) in [6.45, 7) is 4.70. The van der Waals surface area contributed by atoms with Crippen LogP contribution in [0.3, 0.4) is 0 Å². The molecule has 1 rings (SSSR count). The standard InChI is InChI=1S/C11H19N3O4/c1-11(2)4-6(11)5-13-10(18)14-7(9(16)17)3-8(12)15/h6-7H,3-5H2,1-2H3,(H2,12,15)(H,16,17)(H2,13,14,18). The number of carbonyl (C=O) groups is 3. The Morgan fingerprint density at radius 3 is 2.39 bits per heavy atom. The molecule has 18 heavy (non-hydrogen) atoms. The predicted molar refractivity (Wildman–Crippen MR) is 63.7 cm³/mol. The molecule has 7 heteroatoms. The van der Waals surface area contributed by atoms with E-state index in [9.17, 15) is 14.4 Å². The predicted octanol–water partition coefficient (Wildman–Crippen LogP) is -0.340. The van der Waals surface area contributed by atoms with Gasteiger partial charge in [0, 0.05) is 6.54 Å².